The van der Waals surface area contributed by atoms with Crippen molar-refractivity contribution in [2.24, 2.45) is 0 Å². The maximum absolute atomic E-state index is 12.5. The highest BCUT2D eigenvalue weighted by Crippen LogP contribution is 2.46. The summed E-state index contributed by atoms with van der Waals surface area (Å²) in [6.45, 7) is 9.63. The smallest absolute Gasteiger partial charge is 0.251 e. The Labute approximate surface area is 211 Å². The fourth-order valence-corrected chi connectivity index (χ4v) is 7.10. The van der Waals surface area contributed by atoms with Gasteiger partial charge in [0, 0.05) is 48.0 Å². The van der Waals surface area contributed by atoms with Gasteiger partial charge in [-0.3, -0.25) is 4.79 Å². The minimum Gasteiger partial charge on any atom is -0.472 e. The molecule has 6 rings (SSSR count). The van der Waals surface area contributed by atoms with E-state index in [1.807, 2.05) is 10.8 Å². The molecule has 1 aromatic carbocycles. The van der Waals surface area contributed by atoms with E-state index in [0.717, 1.165) is 58.3 Å². The number of fused-ring (bicyclic) bond motifs is 3. The average Bonchev–Trinajstić information content (AvgIpc) is 3.53. The Morgan fingerprint density at radius 3 is 2.49 bits per heavy atom. The number of nitrogens with one attached hydrogen (secondary N) is 1. The number of aromatic nitrogens is 2. The second-order valence-electron chi connectivity index (χ2n) is 11.7. The fourth-order valence-electron chi connectivity index (χ4n) is 6.00. The zero-order valence-electron chi connectivity index (χ0n) is 21.2. The molecule has 0 bridgehead atoms. The summed E-state index contributed by atoms with van der Waals surface area (Å²) in [5.41, 5.74) is 4.58. The summed E-state index contributed by atoms with van der Waals surface area (Å²) >= 11 is 1.71. The fraction of sp³-hybridized carbons (Fsp3) is 0.500. The van der Waals surface area contributed by atoms with Crippen molar-refractivity contribution >= 4 is 16.5 Å². The van der Waals surface area contributed by atoms with Crippen molar-refractivity contribution in [3.05, 3.63) is 52.4 Å². The largest absolute Gasteiger partial charge is 0.472 e. The van der Waals surface area contributed by atoms with E-state index in [0.29, 0.717) is 18.7 Å². The summed E-state index contributed by atoms with van der Waals surface area (Å²) in [6.07, 6.45) is 6.29. The van der Waals surface area contributed by atoms with Crippen molar-refractivity contribution in [1.82, 2.24) is 14.9 Å². The van der Waals surface area contributed by atoms with E-state index < -0.39 is 0 Å². The molecule has 184 valence electrons. The molecule has 0 unspecified atom stereocenters. The zero-order chi connectivity index (χ0) is 24.5. The normalized spacial score (nSPS) is 20.6. The first-order valence-corrected chi connectivity index (χ1v) is 13.4. The van der Waals surface area contributed by atoms with Crippen LogP contribution in [0.4, 0.5) is 5.13 Å². The Morgan fingerprint density at radius 2 is 1.80 bits per heavy atom. The summed E-state index contributed by atoms with van der Waals surface area (Å²) in [5, 5.41) is 4.78. The molecule has 6 nitrogen and oxygen atoms in total. The Morgan fingerprint density at radius 1 is 1.09 bits per heavy atom. The van der Waals surface area contributed by atoms with Crippen molar-refractivity contribution in [3.63, 3.8) is 0 Å². The van der Waals surface area contributed by atoms with Crippen LogP contribution in [0.3, 0.4) is 0 Å². The van der Waals surface area contributed by atoms with Crippen LogP contribution in [0.1, 0.15) is 65.0 Å². The van der Waals surface area contributed by atoms with Crippen LogP contribution < -0.4 is 20.5 Å². The molecule has 1 aliphatic carbocycles. The Kier molecular flexibility index (Phi) is 5.17. The van der Waals surface area contributed by atoms with Crippen LogP contribution >= 0.6 is 11.3 Å². The maximum Gasteiger partial charge on any atom is 0.251 e. The monoisotopic (exact) mass is 490 g/mol. The third-order valence-electron chi connectivity index (χ3n) is 7.54. The standard InChI is InChI=1S/C28H34N4O2S/c1-27(2)14-21(15-28(3,4)30-27)31(5)26-29-25-24(35-26)22-9-6-17(12-19(22)16-34-25)18-10-11-32(20-7-8-20)23(33)13-18/h6,9-13,20-21,30H,7-8,14-16H2,1-5H3. The van der Waals surface area contributed by atoms with Gasteiger partial charge in [0.2, 0.25) is 5.88 Å². The summed E-state index contributed by atoms with van der Waals surface area (Å²) < 4.78 is 7.98. The highest BCUT2D eigenvalue weighted by atomic mass is 32.1. The van der Waals surface area contributed by atoms with Crippen LogP contribution in [0.15, 0.2) is 41.3 Å². The average molecular weight is 491 g/mol. The number of nitrogens with zero attached hydrogens (tertiary/aromatic N) is 3. The molecule has 2 fully saturated rings. The number of ether oxygens (including phenoxy) is 1. The van der Waals surface area contributed by atoms with Crippen molar-refractivity contribution in [2.75, 3.05) is 11.9 Å². The van der Waals surface area contributed by atoms with Crippen LogP contribution in [-0.4, -0.2) is 33.7 Å². The first-order chi connectivity index (χ1) is 16.6. The lowest BCUT2D eigenvalue weighted by Gasteiger charge is -2.48. The Bertz CT molecular complexity index is 1340. The predicted molar refractivity (Wildman–Crippen MR) is 143 cm³/mol. The molecule has 1 saturated carbocycles. The number of benzene rings is 1. The number of hydrogen-bond acceptors (Lipinski definition) is 6. The van der Waals surface area contributed by atoms with E-state index in [1.54, 1.807) is 17.4 Å². The molecule has 35 heavy (non-hydrogen) atoms. The van der Waals surface area contributed by atoms with Gasteiger partial charge in [0.25, 0.3) is 5.56 Å². The number of pyridine rings is 1. The number of thiazole rings is 1. The topological polar surface area (TPSA) is 59.4 Å². The first kappa shape index (κ1) is 22.8. The van der Waals surface area contributed by atoms with Crippen molar-refractivity contribution in [3.8, 4) is 27.4 Å². The first-order valence-electron chi connectivity index (χ1n) is 12.6. The van der Waals surface area contributed by atoms with Crippen molar-refractivity contribution in [1.29, 1.82) is 0 Å². The molecule has 1 saturated heterocycles. The van der Waals surface area contributed by atoms with Gasteiger partial charge in [-0.25, -0.2) is 0 Å². The van der Waals surface area contributed by atoms with E-state index in [9.17, 15) is 4.79 Å². The Hall–Kier alpha value is -2.64. The molecular weight excluding hydrogens is 456 g/mol. The lowest BCUT2D eigenvalue weighted by atomic mass is 9.79. The summed E-state index contributed by atoms with van der Waals surface area (Å²) in [6, 6.07) is 11.1. The SMILES string of the molecule is CN(c1nc2c(s1)-c1ccc(-c3ccn(C4CC4)c(=O)c3)cc1CO2)C1CC(C)(C)NC(C)(C)C1. The third-order valence-corrected chi connectivity index (χ3v) is 8.70. The molecule has 2 aliphatic heterocycles. The van der Waals surface area contributed by atoms with E-state index >= 15 is 0 Å². The number of piperidine rings is 1. The minimum absolute atomic E-state index is 0.0797. The van der Waals surface area contributed by atoms with Crippen LogP contribution in [0, 0.1) is 0 Å². The minimum atomic E-state index is 0.0797. The van der Waals surface area contributed by atoms with Gasteiger partial charge in [-0.05, 0) is 82.2 Å². The second kappa shape index (κ2) is 7.93. The van der Waals surface area contributed by atoms with Gasteiger partial charge in [0.1, 0.15) is 11.5 Å². The van der Waals surface area contributed by atoms with Crippen LogP contribution in [0.5, 0.6) is 5.88 Å². The van der Waals surface area contributed by atoms with Gasteiger partial charge in [-0.2, -0.15) is 4.98 Å². The van der Waals surface area contributed by atoms with Gasteiger partial charge >= 0.3 is 0 Å². The highest BCUT2D eigenvalue weighted by Gasteiger charge is 2.40. The van der Waals surface area contributed by atoms with Gasteiger partial charge < -0.3 is 19.5 Å². The molecule has 0 spiro atoms. The lowest BCUT2D eigenvalue weighted by molar-refractivity contribution is 0.161. The lowest BCUT2D eigenvalue weighted by Crippen LogP contribution is -2.61. The third kappa shape index (κ3) is 4.29. The summed E-state index contributed by atoms with van der Waals surface area (Å²) in [5.74, 6) is 0.733. The molecule has 3 aliphatic rings. The summed E-state index contributed by atoms with van der Waals surface area (Å²) in [7, 11) is 2.17. The predicted octanol–water partition coefficient (Wildman–Crippen LogP) is 5.61. The van der Waals surface area contributed by atoms with Crippen LogP contribution in [0.2, 0.25) is 0 Å². The highest BCUT2D eigenvalue weighted by molar-refractivity contribution is 7.19. The van der Waals surface area contributed by atoms with Gasteiger partial charge in [0.05, 0.1) is 0 Å². The molecule has 0 amide bonds. The molecular formula is C28H34N4O2S. The zero-order valence-corrected chi connectivity index (χ0v) is 22.0. The van der Waals surface area contributed by atoms with E-state index in [4.69, 9.17) is 9.72 Å². The molecule has 3 aromatic rings. The van der Waals surface area contributed by atoms with Crippen LogP contribution in [0.25, 0.3) is 21.6 Å². The van der Waals surface area contributed by atoms with Crippen LogP contribution in [-0.2, 0) is 6.61 Å². The molecule has 4 heterocycles. The maximum atomic E-state index is 12.5. The molecule has 0 radical (unpaired) electrons. The number of rotatable bonds is 4. The van der Waals surface area contributed by atoms with E-state index in [-0.39, 0.29) is 16.6 Å². The number of hydrogen-bond donors (Lipinski definition) is 1. The molecule has 1 N–H and O–H groups in total. The van der Waals surface area contributed by atoms with Gasteiger partial charge in [-0.1, -0.05) is 23.5 Å². The number of anilines is 1. The quantitative estimate of drug-likeness (QED) is 0.515. The van der Waals surface area contributed by atoms with Gasteiger partial charge in [-0.15, -0.1) is 0 Å². The molecule has 2 aromatic heterocycles. The molecule has 0 atom stereocenters. The second-order valence-corrected chi connectivity index (χ2v) is 12.7. The van der Waals surface area contributed by atoms with Crippen molar-refractivity contribution in [2.45, 2.75) is 83.1 Å². The Balaban J connectivity index is 1.28. The molecule has 7 heteroatoms. The van der Waals surface area contributed by atoms with Gasteiger partial charge in [0.15, 0.2) is 5.13 Å². The van der Waals surface area contributed by atoms with Crippen molar-refractivity contribution < 1.29 is 4.74 Å². The van der Waals surface area contributed by atoms with E-state index in [1.165, 1.54) is 5.56 Å². The van der Waals surface area contributed by atoms with E-state index in [2.05, 4.69) is 69.2 Å². The summed E-state index contributed by atoms with van der Waals surface area (Å²) in [4.78, 5) is 20.9.